The molecule has 0 aliphatic carbocycles. The van der Waals surface area contributed by atoms with E-state index in [1.165, 1.54) is 15.3 Å². The first kappa shape index (κ1) is 19.0. The minimum atomic E-state index is -1.09. The fourth-order valence-corrected chi connectivity index (χ4v) is 5.16. The van der Waals surface area contributed by atoms with Crippen LogP contribution in [0.2, 0.25) is 0 Å². The average Bonchev–Trinajstić information content (AvgIpc) is 3.27. The van der Waals surface area contributed by atoms with Crippen LogP contribution in [0.3, 0.4) is 0 Å². The van der Waals surface area contributed by atoms with Crippen molar-refractivity contribution in [3.05, 3.63) is 51.7 Å². The minimum Gasteiger partial charge on any atom is -0.497 e. The molecule has 3 amide bonds. The molecule has 1 aromatic heterocycles. The zero-order chi connectivity index (χ0) is 19.9. The Morgan fingerprint density at radius 2 is 2.14 bits per heavy atom. The van der Waals surface area contributed by atoms with E-state index < -0.39 is 5.54 Å². The molecular formula is C21H25N3O3S. The number of methoxy groups -OCH3 is 1. The van der Waals surface area contributed by atoms with Gasteiger partial charge in [-0.05, 0) is 54.5 Å². The molecule has 2 atom stereocenters. The maximum Gasteiger partial charge on any atom is 0.326 e. The Labute approximate surface area is 169 Å². The van der Waals surface area contributed by atoms with Crippen molar-refractivity contribution in [3.63, 3.8) is 0 Å². The van der Waals surface area contributed by atoms with Crippen LogP contribution in [0.25, 0.3) is 0 Å². The Balaban J connectivity index is 1.58. The summed E-state index contributed by atoms with van der Waals surface area (Å²) in [5, 5.41) is 5.02. The lowest BCUT2D eigenvalue weighted by Crippen LogP contribution is -2.46. The van der Waals surface area contributed by atoms with E-state index in [-0.39, 0.29) is 18.0 Å². The van der Waals surface area contributed by atoms with Crippen LogP contribution in [0, 0.1) is 0 Å². The number of fused-ring (bicyclic) bond motifs is 1. The van der Waals surface area contributed by atoms with Gasteiger partial charge in [-0.2, -0.15) is 0 Å². The second kappa shape index (κ2) is 7.22. The van der Waals surface area contributed by atoms with Gasteiger partial charge >= 0.3 is 6.03 Å². The minimum absolute atomic E-state index is 0.225. The van der Waals surface area contributed by atoms with Crippen LogP contribution >= 0.6 is 11.3 Å². The number of thiophene rings is 1. The third-order valence-electron chi connectivity index (χ3n) is 5.84. The Morgan fingerprint density at radius 3 is 2.89 bits per heavy atom. The third-order valence-corrected chi connectivity index (χ3v) is 6.83. The number of nitrogens with one attached hydrogen (secondary N) is 1. The molecule has 0 spiro atoms. The molecule has 4 rings (SSSR count). The number of hydrogen-bond acceptors (Lipinski definition) is 5. The summed E-state index contributed by atoms with van der Waals surface area (Å²) in [6.45, 7) is 5.06. The van der Waals surface area contributed by atoms with Crippen molar-refractivity contribution in [2.45, 2.75) is 38.3 Å². The molecule has 2 aromatic rings. The standard InChI is InChI=1S/C21H25N3O3S/c1-4-17-16-9-11-28-18(16)8-10-23(17)13-24-19(25)21(2,22-20(24)26)14-6-5-7-15(12-14)27-3/h5-7,9,11-12,17H,4,8,10,13H2,1-3H3,(H,22,26)/t17-,21+/m0/s1. The Bertz CT molecular complexity index is 912. The predicted octanol–water partition coefficient (Wildman–Crippen LogP) is 3.49. The molecule has 1 aromatic carbocycles. The van der Waals surface area contributed by atoms with Crippen molar-refractivity contribution in [2.75, 3.05) is 20.3 Å². The van der Waals surface area contributed by atoms with E-state index >= 15 is 0 Å². The van der Waals surface area contributed by atoms with E-state index in [0.29, 0.717) is 12.4 Å². The number of imide groups is 1. The van der Waals surface area contributed by atoms with E-state index in [1.54, 1.807) is 31.4 Å². The van der Waals surface area contributed by atoms with Gasteiger partial charge in [0.05, 0.1) is 13.8 Å². The summed E-state index contributed by atoms with van der Waals surface area (Å²) in [7, 11) is 1.59. The normalized spacial score (nSPS) is 25.0. The summed E-state index contributed by atoms with van der Waals surface area (Å²) in [6, 6.07) is 9.36. The SMILES string of the molecule is CC[C@H]1c2ccsc2CCN1CN1C(=O)N[C@](C)(c2cccc(OC)c2)C1=O. The molecule has 0 unspecified atom stereocenters. The second-order valence-electron chi connectivity index (χ2n) is 7.45. The smallest absolute Gasteiger partial charge is 0.326 e. The van der Waals surface area contributed by atoms with Gasteiger partial charge in [-0.25, -0.2) is 9.69 Å². The summed E-state index contributed by atoms with van der Waals surface area (Å²) < 4.78 is 5.28. The maximum absolute atomic E-state index is 13.3. The zero-order valence-electron chi connectivity index (χ0n) is 16.4. The van der Waals surface area contributed by atoms with Crippen LogP contribution in [-0.4, -0.2) is 42.1 Å². The Kier molecular flexibility index (Phi) is 4.89. The van der Waals surface area contributed by atoms with Crippen LogP contribution in [0.4, 0.5) is 4.79 Å². The first-order valence-corrected chi connectivity index (χ1v) is 10.4. The molecule has 3 heterocycles. The quantitative estimate of drug-likeness (QED) is 0.782. The van der Waals surface area contributed by atoms with Gasteiger partial charge < -0.3 is 10.1 Å². The lowest BCUT2D eigenvalue weighted by atomic mass is 9.92. The van der Waals surface area contributed by atoms with E-state index in [1.807, 2.05) is 18.2 Å². The highest BCUT2D eigenvalue weighted by Crippen LogP contribution is 2.37. The van der Waals surface area contributed by atoms with E-state index in [2.05, 4.69) is 28.6 Å². The van der Waals surface area contributed by atoms with Crippen molar-refractivity contribution in [1.29, 1.82) is 0 Å². The number of hydrogen-bond donors (Lipinski definition) is 1. The van der Waals surface area contributed by atoms with Crippen LogP contribution in [0.1, 0.15) is 42.3 Å². The molecule has 28 heavy (non-hydrogen) atoms. The Hall–Kier alpha value is -2.38. The van der Waals surface area contributed by atoms with Gasteiger partial charge in [0.25, 0.3) is 5.91 Å². The molecule has 0 saturated carbocycles. The van der Waals surface area contributed by atoms with Crippen molar-refractivity contribution in [1.82, 2.24) is 15.1 Å². The van der Waals surface area contributed by atoms with Crippen LogP contribution in [-0.2, 0) is 16.8 Å². The lowest BCUT2D eigenvalue weighted by Gasteiger charge is -2.37. The number of amides is 3. The zero-order valence-corrected chi connectivity index (χ0v) is 17.2. The third kappa shape index (κ3) is 2.99. The van der Waals surface area contributed by atoms with Crippen molar-refractivity contribution < 1.29 is 14.3 Å². The molecular weight excluding hydrogens is 374 g/mol. The molecule has 2 aliphatic rings. The van der Waals surface area contributed by atoms with Crippen molar-refractivity contribution in [3.8, 4) is 5.75 Å². The van der Waals surface area contributed by atoms with Gasteiger partial charge in [0.2, 0.25) is 0 Å². The van der Waals surface area contributed by atoms with Gasteiger partial charge in [0.15, 0.2) is 0 Å². The van der Waals surface area contributed by atoms with Crippen LogP contribution < -0.4 is 10.1 Å². The van der Waals surface area contributed by atoms with Gasteiger partial charge in [-0.1, -0.05) is 19.1 Å². The number of rotatable bonds is 5. The summed E-state index contributed by atoms with van der Waals surface area (Å²) >= 11 is 1.79. The number of urea groups is 1. The monoisotopic (exact) mass is 399 g/mol. The molecule has 0 radical (unpaired) electrons. The highest BCUT2D eigenvalue weighted by atomic mass is 32.1. The predicted molar refractivity (Wildman–Crippen MR) is 108 cm³/mol. The number of benzene rings is 1. The van der Waals surface area contributed by atoms with Gasteiger partial charge in [-0.15, -0.1) is 11.3 Å². The van der Waals surface area contributed by atoms with E-state index in [0.717, 1.165) is 24.9 Å². The number of nitrogens with zero attached hydrogens (tertiary/aromatic N) is 2. The number of carbonyl (C=O) groups excluding carboxylic acids is 2. The van der Waals surface area contributed by atoms with Gasteiger partial charge in [-0.3, -0.25) is 9.69 Å². The topological polar surface area (TPSA) is 61.9 Å². The first-order valence-electron chi connectivity index (χ1n) is 9.57. The summed E-state index contributed by atoms with van der Waals surface area (Å²) in [4.78, 5) is 31.0. The molecule has 1 N–H and O–H groups in total. The van der Waals surface area contributed by atoms with Crippen molar-refractivity contribution in [2.24, 2.45) is 0 Å². The molecule has 6 nitrogen and oxygen atoms in total. The highest BCUT2D eigenvalue weighted by molar-refractivity contribution is 7.10. The molecule has 148 valence electrons. The maximum atomic E-state index is 13.3. The Morgan fingerprint density at radius 1 is 1.32 bits per heavy atom. The molecule has 7 heteroatoms. The molecule has 1 saturated heterocycles. The fourth-order valence-electron chi connectivity index (χ4n) is 4.23. The molecule has 0 bridgehead atoms. The van der Waals surface area contributed by atoms with E-state index in [4.69, 9.17) is 4.74 Å². The lowest BCUT2D eigenvalue weighted by molar-refractivity contribution is -0.133. The second-order valence-corrected chi connectivity index (χ2v) is 8.45. The first-order chi connectivity index (χ1) is 13.5. The van der Waals surface area contributed by atoms with Crippen molar-refractivity contribution >= 4 is 23.3 Å². The largest absolute Gasteiger partial charge is 0.497 e. The number of ether oxygens (including phenoxy) is 1. The summed E-state index contributed by atoms with van der Waals surface area (Å²) in [5.74, 6) is 0.433. The summed E-state index contributed by atoms with van der Waals surface area (Å²) in [5.41, 5.74) is 0.969. The highest BCUT2D eigenvalue weighted by Gasteiger charge is 2.50. The van der Waals surface area contributed by atoms with Gasteiger partial charge in [0, 0.05) is 17.5 Å². The van der Waals surface area contributed by atoms with E-state index in [9.17, 15) is 9.59 Å². The average molecular weight is 400 g/mol. The van der Waals surface area contributed by atoms with Crippen LogP contribution in [0.15, 0.2) is 35.7 Å². The fraction of sp³-hybridized carbons (Fsp3) is 0.429. The molecule has 1 fully saturated rings. The summed E-state index contributed by atoms with van der Waals surface area (Å²) in [6.07, 6.45) is 1.90. The number of carbonyl (C=O) groups is 2. The van der Waals surface area contributed by atoms with Gasteiger partial charge in [0.1, 0.15) is 11.3 Å². The molecule has 2 aliphatic heterocycles. The van der Waals surface area contributed by atoms with Crippen LogP contribution in [0.5, 0.6) is 5.75 Å².